The second kappa shape index (κ2) is 8.29. The molecule has 1 N–H and O–H groups in total. The number of ether oxygens (including phenoxy) is 1. The fourth-order valence-electron chi connectivity index (χ4n) is 3.16. The fraction of sp³-hybridized carbons (Fsp3) is 0.421. The molecule has 0 aliphatic carbocycles. The van der Waals surface area contributed by atoms with Crippen LogP contribution >= 0.6 is 11.3 Å². The molecule has 2 heterocycles. The average molecular weight is 342 g/mol. The van der Waals surface area contributed by atoms with E-state index in [0.29, 0.717) is 19.0 Å². The molecule has 2 aromatic rings. The lowest BCUT2D eigenvalue weighted by molar-refractivity contribution is 0.0643. The van der Waals surface area contributed by atoms with Crippen molar-refractivity contribution in [3.8, 4) is 11.8 Å². The van der Waals surface area contributed by atoms with Crippen LogP contribution in [0.1, 0.15) is 29.3 Å². The molecule has 126 valence electrons. The summed E-state index contributed by atoms with van der Waals surface area (Å²) < 4.78 is 5.68. The zero-order valence-electron chi connectivity index (χ0n) is 13.6. The number of hydrogen-bond donors (Lipinski definition) is 1. The lowest BCUT2D eigenvalue weighted by atomic mass is 10.1. The third kappa shape index (κ3) is 4.35. The smallest absolute Gasteiger partial charge is 0.119 e. The van der Waals surface area contributed by atoms with E-state index in [2.05, 4.69) is 28.5 Å². The molecule has 3 rings (SSSR count). The summed E-state index contributed by atoms with van der Waals surface area (Å²) in [5, 5.41) is 21.1. The summed E-state index contributed by atoms with van der Waals surface area (Å²) in [6.45, 7) is 1.95. The number of β-amino-alcohol motifs (C(OH)–C–C–N with tert-alkyl or cyclic N) is 1. The minimum absolute atomic E-state index is 0.283. The largest absolute Gasteiger partial charge is 0.491 e. The van der Waals surface area contributed by atoms with E-state index < -0.39 is 6.10 Å². The predicted octanol–water partition coefficient (Wildman–Crippen LogP) is 3.39. The molecule has 1 aliphatic heterocycles. The van der Waals surface area contributed by atoms with E-state index in [0.717, 1.165) is 24.3 Å². The molecule has 1 aliphatic rings. The molecule has 1 saturated heterocycles. The van der Waals surface area contributed by atoms with Crippen LogP contribution in [0.5, 0.6) is 5.75 Å². The summed E-state index contributed by atoms with van der Waals surface area (Å²) in [6.07, 6.45) is 2.23. The first kappa shape index (κ1) is 17.0. The topological polar surface area (TPSA) is 56.5 Å². The van der Waals surface area contributed by atoms with E-state index in [1.807, 2.05) is 24.3 Å². The maximum absolute atomic E-state index is 10.3. The summed E-state index contributed by atoms with van der Waals surface area (Å²) in [4.78, 5) is 3.74. The Balaban J connectivity index is 1.48. The van der Waals surface area contributed by atoms with Crippen molar-refractivity contribution in [1.82, 2.24) is 4.90 Å². The Labute approximate surface area is 146 Å². The SMILES string of the molecule is N#CCc1ccc(OC[C@H](O)CN2CCC[C@H]2c2cccs2)cc1. The summed E-state index contributed by atoms with van der Waals surface area (Å²) in [7, 11) is 0. The number of likely N-dealkylation sites (tertiary alicyclic amines) is 1. The highest BCUT2D eigenvalue weighted by molar-refractivity contribution is 7.10. The van der Waals surface area contributed by atoms with Crippen molar-refractivity contribution in [1.29, 1.82) is 5.26 Å². The Morgan fingerprint density at radius 3 is 2.88 bits per heavy atom. The lowest BCUT2D eigenvalue weighted by Crippen LogP contribution is -2.35. The molecule has 1 fully saturated rings. The van der Waals surface area contributed by atoms with Gasteiger partial charge < -0.3 is 9.84 Å². The number of aliphatic hydroxyl groups is 1. The van der Waals surface area contributed by atoms with E-state index in [1.54, 1.807) is 11.3 Å². The van der Waals surface area contributed by atoms with E-state index >= 15 is 0 Å². The van der Waals surface area contributed by atoms with Crippen LogP contribution in [0, 0.1) is 11.3 Å². The molecule has 0 amide bonds. The van der Waals surface area contributed by atoms with E-state index in [-0.39, 0.29) is 6.61 Å². The van der Waals surface area contributed by atoms with Crippen LogP contribution in [0.4, 0.5) is 0 Å². The van der Waals surface area contributed by atoms with Crippen molar-refractivity contribution < 1.29 is 9.84 Å². The molecular weight excluding hydrogens is 320 g/mol. The molecule has 0 saturated carbocycles. The zero-order chi connectivity index (χ0) is 16.8. The van der Waals surface area contributed by atoms with Crippen molar-refractivity contribution in [2.24, 2.45) is 0 Å². The Kier molecular flexibility index (Phi) is 5.86. The van der Waals surface area contributed by atoms with Crippen LogP contribution in [0.25, 0.3) is 0 Å². The second-order valence-electron chi connectivity index (χ2n) is 6.11. The molecule has 0 unspecified atom stereocenters. The van der Waals surface area contributed by atoms with E-state index in [9.17, 15) is 5.11 Å². The van der Waals surface area contributed by atoms with Crippen molar-refractivity contribution in [3.05, 3.63) is 52.2 Å². The number of rotatable bonds is 7. The van der Waals surface area contributed by atoms with Gasteiger partial charge in [-0.3, -0.25) is 4.90 Å². The van der Waals surface area contributed by atoms with Gasteiger partial charge in [-0.1, -0.05) is 18.2 Å². The van der Waals surface area contributed by atoms with Crippen molar-refractivity contribution >= 4 is 11.3 Å². The summed E-state index contributed by atoms with van der Waals surface area (Å²) in [5.74, 6) is 0.729. The highest BCUT2D eigenvalue weighted by atomic mass is 32.1. The van der Waals surface area contributed by atoms with Crippen molar-refractivity contribution in [2.75, 3.05) is 19.7 Å². The fourth-order valence-corrected chi connectivity index (χ4v) is 4.05. The average Bonchev–Trinajstić information content (AvgIpc) is 3.25. The van der Waals surface area contributed by atoms with Gasteiger partial charge in [-0.15, -0.1) is 11.3 Å². The number of benzene rings is 1. The van der Waals surface area contributed by atoms with Crippen LogP contribution in [-0.2, 0) is 6.42 Å². The predicted molar refractivity (Wildman–Crippen MR) is 95.1 cm³/mol. The molecule has 5 heteroatoms. The van der Waals surface area contributed by atoms with Crippen molar-refractivity contribution in [3.63, 3.8) is 0 Å². The van der Waals surface area contributed by atoms with Gasteiger partial charge in [0.2, 0.25) is 0 Å². The molecule has 1 aromatic carbocycles. The molecule has 1 aromatic heterocycles. The highest BCUT2D eigenvalue weighted by Gasteiger charge is 2.28. The zero-order valence-corrected chi connectivity index (χ0v) is 14.4. The molecule has 0 bridgehead atoms. The maximum Gasteiger partial charge on any atom is 0.119 e. The van der Waals surface area contributed by atoms with E-state index in [1.165, 1.54) is 11.3 Å². The Bertz CT molecular complexity index is 664. The number of aliphatic hydroxyl groups excluding tert-OH is 1. The van der Waals surface area contributed by atoms with Gasteiger partial charge >= 0.3 is 0 Å². The van der Waals surface area contributed by atoms with Crippen molar-refractivity contribution in [2.45, 2.75) is 31.4 Å². The normalized spacial score (nSPS) is 19.1. The Morgan fingerprint density at radius 2 is 2.17 bits per heavy atom. The Hall–Kier alpha value is -1.87. The summed E-state index contributed by atoms with van der Waals surface area (Å²) in [5.41, 5.74) is 0.973. The van der Waals surface area contributed by atoms with Gasteiger partial charge in [-0.05, 0) is 48.5 Å². The molecule has 4 nitrogen and oxygen atoms in total. The first-order chi connectivity index (χ1) is 11.8. The standard InChI is InChI=1S/C19H22N2O2S/c20-10-9-15-5-7-17(8-6-15)23-14-16(22)13-21-11-1-3-18(21)19-4-2-12-24-19/h2,4-8,12,16,18,22H,1,3,9,11,13-14H2/t16-,18+/m1/s1. The minimum Gasteiger partial charge on any atom is -0.491 e. The van der Waals surface area contributed by atoms with Crippen LogP contribution < -0.4 is 4.74 Å². The number of nitriles is 1. The van der Waals surface area contributed by atoms with Crippen LogP contribution in [0.2, 0.25) is 0 Å². The van der Waals surface area contributed by atoms with Gasteiger partial charge in [0.1, 0.15) is 18.5 Å². The number of thiophene rings is 1. The molecule has 0 spiro atoms. The highest BCUT2D eigenvalue weighted by Crippen LogP contribution is 2.34. The third-order valence-corrected chi connectivity index (χ3v) is 5.30. The van der Waals surface area contributed by atoms with Crippen LogP contribution in [0.15, 0.2) is 41.8 Å². The summed E-state index contributed by atoms with van der Waals surface area (Å²) in [6, 6.07) is 14.3. The Morgan fingerprint density at radius 1 is 1.33 bits per heavy atom. The molecule has 2 atom stereocenters. The quantitative estimate of drug-likeness (QED) is 0.838. The van der Waals surface area contributed by atoms with Gasteiger partial charge in [0.05, 0.1) is 12.5 Å². The van der Waals surface area contributed by atoms with Gasteiger partial charge in [-0.25, -0.2) is 0 Å². The molecule has 24 heavy (non-hydrogen) atoms. The van der Waals surface area contributed by atoms with Crippen LogP contribution in [0.3, 0.4) is 0 Å². The first-order valence-electron chi connectivity index (χ1n) is 8.30. The second-order valence-corrected chi connectivity index (χ2v) is 7.09. The molecule has 0 radical (unpaired) electrons. The first-order valence-corrected chi connectivity index (χ1v) is 9.18. The summed E-state index contributed by atoms with van der Waals surface area (Å²) >= 11 is 1.79. The minimum atomic E-state index is -0.510. The third-order valence-electron chi connectivity index (χ3n) is 4.33. The van der Waals surface area contributed by atoms with Gasteiger partial charge in [-0.2, -0.15) is 5.26 Å². The number of nitrogens with zero attached hydrogens (tertiary/aromatic N) is 2. The molecular formula is C19H22N2O2S. The van der Waals surface area contributed by atoms with Gasteiger partial charge in [0.25, 0.3) is 0 Å². The van der Waals surface area contributed by atoms with Gasteiger partial charge in [0.15, 0.2) is 0 Å². The monoisotopic (exact) mass is 342 g/mol. The number of hydrogen-bond acceptors (Lipinski definition) is 5. The van der Waals surface area contributed by atoms with Gasteiger partial charge in [0, 0.05) is 17.5 Å². The lowest BCUT2D eigenvalue weighted by Gasteiger charge is -2.26. The van der Waals surface area contributed by atoms with E-state index in [4.69, 9.17) is 10.00 Å². The maximum atomic E-state index is 10.3. The van der Waals surface area contributed by atoms with Crippen LogP contribution in [-0.4, -0.2) is 35.8 Å².